The smallest absolute Gasteiger partial charge is 0.156 e. The summed E-state index contributed by atoms with van der Waals surface area (Å²) in [7, 11) is -6.17. The van der Waals surface area contributed by atoms with Gasteiger partial charge in [0.05, 0.1) is 34.2 Å². The molecule has 0 spiro atoms. The lowest BCUT2D eigenvalue weighted by molar-refractivity contribution is 0.170. The van der Waals surface area contributed by atoms with E-state index in [1.165, 1.54) is 0 Å². The van der Waals surface area contributed by atoms with Gasteiger partial charge in [0.2, 0.25) is 0 Å². The normalized spacial score (nSPS) is 26.3. The van der Waals surface area contributed by atoms with Gasteiger partial charge >= 0.3 is 0 Å². The maximum Gasteiger partial charge on any atom is 0.156 e. The molecule has 2 fully saturated rings. The number of hydrogen-bond acceptors (Lipinski definition) is 6. The molecule has 8 heteroatoms. The molecule has 4 atom stereocenters. The van der Waals surface area contributed by atoms with Crippen LogP contribution in [-0.2, 0) is 19.7 Å². The Hall–Kier alpha value is -1.74. The van der Waals surface area contributed by atoms with Crippen LogP contribution < -0.4 is 0 Å². The summed E-state index contributed by atoms with van der Waals surface area (Å²) >= 11 is 0. The van der Waals surface area contributed by atoms with Crippen LogP contribution in [0.2, 0.25) is 0 Å². The Morgan fingerprint density at radius 3 is 1.23 bits per heavy atom. The molecule has 0 aliphatic carbocycles. The molecule has 2 aromatic rings. The highest BCUT2D eigenvalue weighted by Crippen LogP contribution is 2.32. The van der Waals surface area contributed by atoms with Gasteiger partial charge in [-0.2, -0.15) is 0 Å². The molecule has 2 heterocycles. The lowest BCUT2D eigenvalue weighted by Gasteiger charge is -2.17. The lowest BCUT2D eigenvalue weighted by Crippen LogP contribution is -2.24. The van der Waals surface area contributed by atoms with Crippen molar-refractivity contribution < 1.29 is 27.0 Å². The first-order chi connectivity index (χ1) is 14.2. The maximum atomic E-state index is 11.6. The Balaban J connectivity index is 0.000000171. The fourth-order valence-corrected chi connectivity index (χ4v) is 7.97. The predicted octanol–water partition coefficient (Wildman–Crippen LogP) is 2.59. The SMILES string of the molecule is O=S1(=O)CCCC1C(O)c1ccccc1.O=S1(=O)CCCC1C(O)c1ccccc1. The number of rotatable bonds is 4. The van der Waals surface area contributed by atoms with E-state index in [0.717, 1.165) is 0 Å². The lowest BCUT2D eigenvalue weighted by atomic mass is 10.0. The monoisotopic (exact) mass is 452 g/mol. The summed E-state index contributed by atoms with van der Waals surface area (Å²) in [4.78, 5) is 0. The molecule has 2 aliphatic rings. The summed E-state index contributed by atoms with van der Waals surface area (Å²) in [6.45, 7) is 0. The summed E-state index contributed by atoms with van der Waals surface area (Å²) in [6.07, 6.45) is 0.710. The molecule has 6 nitrogen and oxygen atoms in total. The van der Waals surface area contributed by atoms with Gasteiger partial charge < -0.3 is 10.2 Å². The third-order valence-corrected chi connectivity index (χ3v) is 10.3. The van der Waals surface area contributed by atoms with Crippen LogP contribution in [0, 0.1) is 0 Å². The highest BCUT2D eigenvalue weighted by Gasteiger charge is 2.38. The average Bonchev–Trinajstić information content (AvgIpc) is 3.29. The number of aliphatic hydroxyl groups is 2. The van der Waals surface area contributed by atoms with Crippen LogP contribution in [0.15, 0.2) is 60.7 Å². The second-order valence-electron chi connectivity index (χ2n) is 7.81. The summed E-state index contributed by atoms with van der Waals surface area (Å²) in [6, 6.07) is 18.0. The first-order valence-corrected chi connectivity index (χ1v) is 13.5. The van der Waals surface area contributed by atoms with E-state index in [1.807, 2.05) is 12.1 Å². The van der Waals surface area contributed by atoms with Crippen molar-refractivity contribution in [3.05, 3.63) is 71.8 Å². The Kier molecular flexibility index (Phi) is 7.34. The van der Waals surface area contributed by atoms with E-state index in [0.29, 0.717) is 36.8 Å². The summed E-state index contributed by atoms with van der Waals surface area (Å²) < 4.78 is 46.5. The first-order valence-electron chi connectivity index (χ1n) is 10.1. The van der Waals surface area contributed by atoms with Gasteiger partial charge in [0, 0.05) is 0 Å². The van der Waals surface area contributed by atoms with E-state index >= 15 is 0 Å². The molecule has 4 rings (SSSR count). The van der Waals surface area contributed by atoms with Crippen molar-refractivity contribution in [1.29, 1.82) is 0 Å². The van der Waals surface area contributed by atoms with Gasteiger partial charge in [-0.25, -0.2) is 16.8 Å². The van der Waals surface area contributed by atoms with Crippen LogP contribution in [0.1, 0.15) is 49.0 Å². The summed E-state index contributed by atoms with van der Waals surface area (Å²) in [5, 5.41) is 18.7. The van der Waals surface area contributed by atoms with Crippen molar-refractivity contribution in [1.82, 2.24) is 0 Å². The van der Waals surface area contributed by atoms with E-state index in [1.54, 1.807) is 48.5 Å². The maximum absolute atomic E-state index is 11.6. The predicted molar refractivity (Wildman–Crippen MR) is 116 cm³/mol. The molecule has 0 saturated carbocycles. The van der Waals surface area contributed by atoms with E-state index in [-0.39, 0.29) is 11.5 Å². The molecule has 30 heavy (non-hydrogen) atoms. The molecule has 2 saturated heterocycles. The zero-order valence-electron chi connectivity index (χ0n) is 16.7. The van der Waals surface area contributed by atoms with E-state index in [9.17, 15) is 27.0 Å². The molecule has 0 bridgehead atoms. The van der Waals surface area contributed by atoms with Crippen LogP contribution in [0.4, 0.5) is 0 Å². The minimum absolute atomic E-state index is 0.210. The zero-order chi connectivity index (χ0) is 21.8. The largest absolute Gasteiger partial charge is 0.387 e. The molecular formula is C22H28O6S2. The van der Waals surface area contributed by atoms with Crippen LogP contribution in [0.3, 0.4) is 0 Å². The van der Waals surface area contributed by atoms with Crippen molar-refractivity contribution in [2.75, 3.05) is 11.5 Å². The quantitative estimate of drug-likeness (QED) is 0.738. The molecule has 2 aromatic carbocycles. The summed E-state index contributed by atoms with van der Waals surface area (Å²) in [5.74, 6) is 0.420. The second kappa shape index (κ2) is 9.60. The highest BCUT2D eigenvalue weighted by atomic mass is 32.2. The third-order valence-electron chi connectivity index (χ3n) is 5.74. The zero-order valence-corrected chi connectivity index (χ0v) is 18.3. The molecule has 2 N–H and O–H groups in total. The van der Waals surface area contributed by atoms with Crippen LogP contribution >= 0.6 is 0 Å². The molecular weight excluding hydrogens is 424 g/mol. The van der Waals surface area contributed by atoms with Crippen LogP contribution in [0.5, 0.6) is 0 Å². The molecule has 2 aliphatic heterocycles. The van der Waals surface area contributed by atoms with Gasteiger partial charge in [0.15, 0.2) is 19.7 Å². The fraction of sp³-hybridized carbons (Fsp3) is 0.455. The standard InChI is InChI=1S/2C11H14O3S/c2*12-11(9-5-2-1-3-6-9)10-7-4-8-15(10,13)14/h2*1-3,5-6,10-12H,4,7-8H2. The second-order valence-corrected chi connectivity index (χ2v) is 12.5. The molecule has 164 valence electrons. The van der Waals surface area contributed by atoms with Crippen molar-refractivity contribution in [2.45, 2.75) is 48.4 Å². The van der Waals surface area contributed by atoms with Crippen molar-refractivity contribution in [3.8, 4) is 0 Å². The molecule has 0 radical (unpaired) electrons. The van der Waals surface area contributed by atoms with Gasteiger partial charge in [-0.3, -0.25) is 0 Å². The average molecular weight is 453 g/mol. The van der Waals surface area contributed by atoms with Crippen LogP contribution in [0.25, 0.3) is 0 Å². The number of sulfone groups is 2. The molecule has 0 amide bonds. The van der Waals surface area contributed by atoms with Gasteiger partial charge in [-0.1, -0.05) is 60.7 Å². The van der Waals surface area contributed by atoms with E-state index in [4.69, 9.17) is 0 Å². The number of hydrogen-bond donors (Lipinski definition) is 2. The van der Waals surface area contributed by atoms with Gasteiger partial charge in [-0.15, -0.1) is 0 Å². The van der Waals surface area contributed by atoms with Crippen molar-refractivity contribution in [2.24, 2.45) is 0 Å². The summed E-state index contributed by atoms with van der Waals surface area (Å²) in [5.41, 5.74) is 1.38. The van der Waals surface area contributed by atoms with Gasteiger partial charge in [-0.05, 0) is 36.8 Å². The minimum Gasteiger partial charge on any atom is -0.387 e. The molecule has 0 aromatic heterocycles. The van der Waals surface area contributed by atoms with Gasteiger partial charge in [0.1, 0.15) is 0 Å². The van der Waals surface area contributed by atoms with Gasteiger partial charge in [0.25, 0.3) is 0 Å². The van der Waals surface area contributed by atoms with Crippen molar-refractivity contribution >= 4 is 19.7 Å². The first kappa shape index (κ1) is 22.9. The third kappa shape index (κ3) is 5.29. The fourth-order valence-electron chi connectivity index (χ4n) is 4.07. The Labute approximate surface area is 178 Å². The number of aliphatic hydroxyl groups excluding tert-OH is 2. The topological polar surface area (TPSA) is 109 Å². The molecule has 4 unspecified atom stereocenters. The number of benzene rings is 2. The van der Waals surface area contributed by atoms with E-state index in [2.05, 4.69) is 0 Å². The Bertz CT molecular complexity index is 934. The minimum atomic E-state index is -3.08. The highest BCUT2D eigenvalue weighted by molar-refractivity contribution is 7.92. The van der Waals surface area contributed by atoms with Crippen LogP contribution in [-0.4, -0.2) is 49.1 Å². The van der Waals surface area contributed by atoms with E-state index < -0.39 is 42.4 Å². The van der Waals surface area contributed by atoms with Crippen molar-refractivity contribution in [3.63, 3.8) is 0 Å². The Morgan fingerprint density at radius 1 is 0.633 bits per heavy atom. The Morgan fingerprint density at radius 2 is 0.967 bits per heavy atom.